The van der Waals surface area contributed by atoms with Crippen molar-refractivity contribution in [3.63, 3.8) is 0 Å². The van der Waals surface area contributed by atoms with Gasteiger partial charge in [0.2, 0.25) is 0 Å². The lowest BCUT2D eigenvalue weighted by atomic mass is 10.2. The zero-order chi connectivity index (χ0) is 11.7. The number of aromatic nitrogens is 2. The summed E-state index contributed by atoms with van der Waals surface area (Å²) >= 11 is 0. The lowest BCUT2D eigenvalue weighted by Crippen LogP contribution is -2.06. The molecule has 2 aromatic carbocycles. The molecule has 1 N–H and O–H groups in total. The molecule has 84 valence electrons. The van der Waals surface area contributed by atoms with Gasteiger partial charge in [-0.15, -0.1) is 5.10 Å². The smallest absolute Gasteiger partial charge is 0.157 e. The standard InChI is InChI=1S/C13H10N2O2/c16-11-7-6-10-9-14-15(13(10)8-11)17-12-4-2-1-3-5-12/h1-9,16H. The van der Waals surface area contributed by atoms with Gasteiger partial charge in [-0.25, -0.2) is 0 Å². The molecule has 4 nitrogen and oxygen atoms in total. The number of aromatic hydroxyl groups is 1. The quantitative estimate of drug-likeness (QED) is 0.730. The fourth-order valence-electron chi connectivity index (χ4n) is 1.64. The number of rotatable bonds is 2. The van der Waals surface area contributed by atoms with Gasteiger partial charge in [0, 0.05) is 11.5 Å². The van der Waals surface area contributed by atoms with Crippen LogP contribution in [0.1, 0.15) is 0 Å². The highest BCUT2D eigenvalue weighted by Crippen LogP contribution is 2.20. The van der Waals surface area contributed by atoms with Gasteiger partial charge in [0.25, 0.3) is 0 Å². The second-order valence-electron chi connectivity index (χ2n) is 3.66. The van der Waals surface area contributed by atoms with Crippen molar-refractivity contribution in [2.24, 2.45) is 0 Å². The Hall–Kier alpha value is -2.49. The molecule has 0 saturated heterocycles. The lowest BCUT2D eigenvalue weighted by Gasteiger charge is -2.05. The van der Waals surface area contributed by atoms with E-state index in [9.17, 15) is 5.11 Å². The molecule has 0 saturated carbocycles. The number of hydrogen-bond acceptors (Lipinski definition) is 3. The lowest BCUT2D eigenvalue weighted by molar-refractivity contribution is 0.191. The third kappa shape index (κ3) is 1.80. The summed E-state index contributed by atoms with van der Waals surface area (Å²) in [5, 5.41) is 14.5. The highest BCUT2D eigenvalue weighted by molar-refractivity contribution is 5.79. The maximum absolute atomic E-state index is 9.44. The Balaban J connectivity index is 2.03. The summed E-state index contributed by atoms with van der Waals surface area (Å²) in [6.45, 7) is 0. The van der Waals surface area contributed by atoms with E-state index in [-0.39, 0.29) is 5.75 Å². The summed E-state index contributed by atoms with van der Waals surface area (Å²) in [6, 6.07) is 14.4. The predicted molar refractivity (Wildman–Crippen MR) is 63.9 cm³/mol. The predicted octanol–water partition coefficient (Wildman–Crippen LogP) is 2.58. The maximum Gasteiger partial charge on any atom is 0.157 e. The van der Waals surface area contributed by atoms with Crippen LogP contribution in [0, 0.1) is 0 Å². The Kier molecular flexibility index (Phi) is 2.19. The SMILES string of the molecule is Oc1ccc2cnn(Oc3ccccc3)c2c1. The number of phenolic OH excluding ortho intramolecular Hbond substituents is 1. The van der Waals surface area contributed by atoms with Gasteiger partial charge in [0.05, 0.1) is 6.20 Å². The fraction of sp³-hybridized carbons (Fsp3) is 0. The van der Waals surface area contributed by atoms with Crippen molar-refractivity contribution in [3.8, 4) is 11.5 Å². The first kappa shape index (κ1) is 9.72. The Morgan fingerprint density at radius 1 is 1.06 bits per heavy atom. The number of fused-ring (bicyclic) bond motifs is 1. The number of phenols is 1. The molecule has 0 fully saturated rings. The third-order valence-corrected chi connectivity index (χ3v) is 2.46. The van der Waals surface area contributed by atoms with Crippen LogP contribution in [0.25, 0.3) is 10.9 Å². The Labute approximate surface area is 97.6 Å². The van der Waals surface area contributed by atoms with Crippen LogP contribution in [-0.2, 0) is 0 Å². The van der Waals surface area contributed by atoms with Crippen LogP contribution in [0.4, 0.5) is 0 Å². The van der Waals surface area contributed by atoms with Crippen molar-refractivity contribution in [2.45, 2.75) is 0 Å². The first-order chi connectivity index (χ1) is 8.33. The normalized spacial score (nSPS) is 10.6. The number of benzene rings is 2. The largest absolute Gasteiger partial charge is 0.508 e. The highest BCUT2D eigenvalue weighted by atomic mass is 16.7. The summed E-state index contributed by atoms with van der Waals surface area (Å²) in [4.78, 5) is 6.97. The van der Waals surface area contributed by atoms with Crippen molar-refractivity contribution < 1.29 is 9.94 Å². The summed E-state index contributed by atoms with van der Waals surface area (Å²) < 4.78 is 0. The maximum atomic E-state index is 9.44. The van der Waals surface area contributed by atoms with E-state index in [0.29, 0.717) is 5.75 Å². The van der Waals surface area contributed by atoms with Crippen LogP contribution in [0.5, 0.6) is 11.5 Å². The molecule has 17 heavy (non-hydrogen) atoms. The number of nitrogens with zero attached hydrogens (tertiary/aromatic N) is 2. The van der Waals surface area contributed by atoms with Gasteiger partial charge in [-0.1, -0.05) is 23.0 Å². The van der Waals surface area contributed by atoms with Crippen LogP contribution in [0.3, 0.4) is 0 Å². The Morgan fingerprint density at radius 2 is 1.88 bits per heavy atom. The van der Waals surface area contributed by atoms with Crippen LogP contribution >= 0.6 is 0 Å². The molecule has 0 unspecified atom stereocenters. The van der Waals surface area contributed by atoms with E-state index in [0.717, 1.165) is 10.9 Å². The first-order valence-electron chi connectivity index (χ1n) is 5.23. The van der Waals surface area contributed by atoms with Gasteiger partial charge in [0.1, 0.15) is 11.3 Å². The van der Waals surface area contributed by atoms with E-state index in [1.807, 2.05) is 30.3 Å². The summed E-state index contributed by atoms with van der Waals surface area (Å²) in [5.74, 6) is 0.886. The molecular weight excluding hydrogens is 216 g/mol. The topological polar surface area (TPSA) is 47.3 Å². The van der Waals surface area contributed by atoms with Gasteiger partial charge in [-0.05, 0) is 24.3 Å². The van der Waals surface area contributed by atoms with Crippen molar-refractivity contribution >= 4 is 10.9 Å². The molecule has 0 radical (unpaired) electrons. The molecule has 3 aromatic rings. The molecule has 0 aliphatic carbocycles. The average molecular weight is 226 g/mol. The average Bonchev–Trinajstić information content (AvgIpc) is 2.73. The molecule has 0 aliphatic heterocycles. The van der Waals surface area contributed by atoms with Crippen LogP contribution in [0.15, 0.2) is 54.7 Å². The van der Waals surface area contributed by atoms with Crippen LogP contribution in [-0.4, -0.2) is 15.1 Å². The Morgan fingerprint density at radius 3 is 2.71 bits per heavy atom. The van der Waals surface area contributed by atoms with Gasteiger partial charge in [0.15, 0.2) is 5.75 Å². The molecule has 1 heterocycles. The van der Waals surface area contributed by atoms with Crippen LogP contribution < -0.4 is 4.84 Å². The van der Waals surface area contributed by atoms with E-state index < -0.39 is 0 Å². The van der Waals surface area contributed by atoms with Crippen molar-refractivity contribution in [1.29, 1.82) is 0 Å². The second-order valence-corrected chi connectivity index (χ2v) is 3.66. The summed E-state index contributed by atoms with van der Waals surface area (Å²) in [5.41, 5.74) is 0.730. The van der Waals surface area contributed by atoms with Crippen molar-refractivity contribution in [1.82, 2.24) is 9.94 Å². The third-order valence-electron chi connectivity index (χ3n) is 2.46. The highest BCUT2D eigenvalue weighted by Gasteiger charge is 2.04. The van der Waals surface area contributed by atoms with E-state index in [1.54, 1.807) is 24.4 Å². The molecule has 0 atom stereocenters. The number of para-hydroxylation sites is 1. The molecule has 0 bridgehead atoms. The zero-order valence-corrected chi connectivity index (χ0v) is 8.95. The zero-order valence-electron chi connectivity index (χ0n) is 8.95. The van der Waals surface area contributed by atoms with Crippen LogP contribution in [0.2, 0.25) is 0 Å². The second kappa shape index (κ2) is 3.83. The van der Waals surface area contributed by atoms with E-state index in [4.69, 9.17) is 4.84 Å². The minimum atomic E-state index is 0.191. The van der Waals surface area contributed by atoms with Gasteiger partial charge in [-0.3, -0.25) is 0 Å². The Bertz CT molecular complexity index is 647. The molecule has 1 aromatic heterocycles. The minimum Gasteiger partial charge on any atom is -0.508 e. The fourth-order valence-corrected chi connectivity index (χ4v) is 1.64. The van der Waals surface area contributed by atoms with Gasteiger partial charge in [-0.2, -0.15) is 0 Å². The van der Waals surface area contributed by atoms with E-state index in [1.165, 1.54) is 4.85 Å². The van der Waals surface area contributed by atoms with Gasteiger partial charge >= 0.3 is 0 Å². The summed E-state index contributed by atoms with van der Waals surface area (Å²) in [7, 11) is 0. The molecule has 0 amide bonds. The molecule has 0 spiro atoms. The van der Waals surface area contributed by atoms with E-state index in [2.05, 4.69) is 5.10 Å². The van der Waals surface area contributed by atoms with Crippen molar-refractivity contribution in [3.05, 3.63) is 54.7 Å². The van der Waals surface area contributed by atoms with Crippen molar-refractivity contribution in [2.75, 3.05) is 0 Å². The number of hydrogen-bond donors (Lipinski definition) is 1. The monoisotopic (exact) mass is 226 g/mol. The van der Waals surface area contributed by atoms with Gasteiger partial charge < -0.3 is 9.94 Å². The minimum absolute atomic E-state index is 0.191. The molecule has 3 rings (SSSR count). The molecule has 0 aliphatic rings. The summed E-state index contributed by atoms with van der Waals surface area (Å²) in [6.07, 6.45) is 1.69. The molecule has 4 heteroatoms. The van der Waals surface area contributed by atoms with E-state index >= 15 is 0 Å². The molecular formula is C13H10N2O2. The first-order valence-corrected chi connectivity index (χ1v) is 5.23.